The molecule has 5 aromatic rings. The first-order chi connectivity index (χ1) is 18.6. The zero-order valence-electron chi connectivity index (χ0n) is 20.9. The quantitative estimate of drug-likeness (QED) is 0.201. The SMILES string of the molecule is Cc1ccc(Cl)cc1-n1c(SCc2ccccc2)nnc1C(Cc1ccccc1)NC(=O)c1ccccc1. The molecule has 190 valence electrons. The summed E-state index contributed by atoms with van der Waals surface area (Å²) in [6, 6.07) is 34.9. The van der Waals surface area contributed by atoms with E-state index in [-0.39, 0.29) is 5.91 Å². The number of benzene rings is 4. The van der Waals surface area contributed by atoms with Crippen molar-refractivity contribution in [1.82, 2.24) is 20.1 Å². The summed E-state index contributed by atoms with van der Waals surface area (Å²) < 4.78 is 2.04. The largest absolute Gasteiger partial charge is 0.342 e. The molecule has 0 aliphatic heterocycles. The predicted octanol–water partition coefficient (Wildman–Crippen LogP) is 7.24. The van der Waals surface area contributed by atoms with Gasteiger partial charge in [-0.3, -0.25) is 9.36 Å². The molecule has 1 unspecified atom stereocenters. The lowest BCUT2D eigenvalue weighted by Gasteiger charge is -2.21. The molecular formula is C31H27ClN4OS. The van der Waals surface area contributed by atoms with Crippen LogP contribution in [-0.4, -0.2) is 20.7 Å². The van der Waals surface area contributed by atoms with Crippen LogP contribution in [0.25, 0.3) is 5.69 Å². The summed E-state index contributed by atoms with van der Waals surface area (Å²) in [5.74, 6) is 1.22. The van der Waals surface area contributed by atoms with E-state index in [1.165, 1.54) is 5.56 Å². The highest BCUT2D eigenvalue weighted by Gasteiger charge is 2.26. The maximum absolute atomic E-state index is 13.3. The van der Waals surface area contributed by atoms with Gasteiger partial charge in [0.05, 0.1) is 11.7 Å². The Balaban J connectivity index is 1.58. The lowest BCUT2D eigenvalue weighted by molar-refractivity contribution is 0.0934. The number of hydrogen-bond acceptors (Lipinski definition) is 4. The van der Waals surface area contributed by atoms with Crippen LogP contribution in [-0.2, 0) is 12.2 Å². The highest BCUT2D eigenvalue weighted by Crippen LogP contribution is 2.31. The molecule has 1 aromatic heterocycles. The van der Waals surface area contributed by atoms with Gasteiger partial charge in [0.2, 0.25) is 0 Å². The van der Waals surface area contributed by atoms with Crippen molar-refractivity contribution in [2.24, 2.45) is 0 Å². The molecule has 0 fully saturated rings. The van der Waals surface area contributed by atoms with E-state index in [1.54, 1.807) is 11.8 Å². The molecule has 0 saturated carbocycles. The molecule has 0 aliphatic rings. The molecular weight excluding hydrogens is 512 g/mol. The van der Waals surface area contributed by atoms with Gasteiger partial charge in [0.15, 0.2) is 11.0 Å². The van der Waals surface area contributed by atoms with Gasteiger partial charge in [0.1, 0.15) is 0 Å². The summed E-state index contributed by atoms with van der Waals surface area (Å²) >= 11 is 8.06. The second-order valence-electron chi connectivity index (χ2n) is 8.96. The maximum atomic E-state index is 13.3. The highest BCUT2D eigenvalue weighted by molar-refractivity contribution is 7.98. The molecule has 7 heteroatoms. The number of aryl methyl sites for hydroxylation is 1. The van der Waals surface area contributed by atoms with E-state index in [0.29, 0.717) is 22.8 Å². The summed E-state index contributed by atoms with van der Waals surface area (Å²) in [5.41, 5.74) is 4.79. The van der Waals surface area contributed by atoms with Crippen LogP contribution in [0.3, 0.4) is 0 Å². The van der Waals surface area contributed by atoms with Gasteiger partial charge in [-0.2, -0.15) is 0 Å². The van der Waals surface area contributed by atoms with Crippen LogP contribution in [0.4, 0.5) is 0 Å². The van der Waals surface area contributed by atoms with Crippen LogP contribution in [0.2, 0.25) is 5.02 Å². The van der Waals surface area contributed by atoms with Crippen LogP contribution in [0.1, 0.15) is 38.9 Å². The molecule has 38 heavy (non-hydrogen) atoms. The van der Waals surface area contributed by atoms with Crippen LogP contribution in [0, 0.1) is 6.92 Å². The molecule has 4 aromatic carbocycles. The number of carbonyl (C=O) groups is 1. The lowest BCUT2D eigenvalue weighted by Crippen LogP contribution is -2.32. The number of thioether (sulfide) groups is 1. The minimum absolute atomic E-state index is 0.164. The summed E-state index contributed by atoms with van der Waals surface area (Å²) in [4.78, 5) is 13.3. The molecule has 1 N–H and O–H groups in total. The smallest absolute Gasteiger partial charge is 0.251 e. The van der Waals surface area contributed by atoms with E-state index >= 15 is 0 Å². The summed E-state index contributed by atoms with van der Waals surface area (Å²) in [6.07, 6.45) is 0.556. The van der Waals surface area contributed by atoms with E-state index in [2.05, 4.69) is 39.8 Å². The third kappa shape index (κ3) is 6.15. The first-order valence-corrected chi connectivity index (χ1v) is 13.7. The average Bonchev–Trinajstić information content (AvgIpc) is 3.38. The summed E-state index contributed by atoms with van der Waals surface area (Å²) in [6.45, 7) is 2.04. The van der Waals surface area contributed by atoms with Crippen LogP contribution in [0.15, 0.2) is 114 Å². The van der Waals surface area contributed by atoms with Gasteiger partial charge in [-0.25, -0.2) is 0 Å². The number of rotatable bonds is 9. The van der Waals surface area contributed by atoms with E-state index < -0.39 is 6.04 Å². The maximum Gasteiger partial charge on any atom is 0.251 e. The topological polar surface area (TPSA) is 59.8 Å². The zero-order valence-corrected chi connectivity index (χ0v) is 22.5. The van der Waals surface area contributed by atoms with Crippen molar-refractivity contribution in [2.45, 2.75) is 30.3 Å². The number of carbonyl (C=O) groups excluding carboxylic acids is 1. The van der Waals surface area contributed by atoms with Crippen molar-refractivity contribution in [3.8, 4) is 5.69 Å². The Morgan fingerprint density at radius 3 is 2.18 bits per heavy atom. The first-order valence-electron chi connectivity index (χ1n) is 12.4. The highest BCUT2D eigenvalue weighted by atomic mass is 35.5. The van der Waals surface area contributed by atoms with Crippen molar-refractivity contribution >= 4 is 29.3 Å². The Hall–Kier alpha value is -3.87. The summed E-state index contributed by atoms with van der Waals surface area (Å²) in [5, 5.41) is 13.8. The minimum Gasteiger partial charge on any atom is -0.342 e. The molecule has 0 saturated heterocycles. The van der Waals surface area contributed by atoms with Gasteiger partial charge < -0.3 is 5.32 Å². The Morgan fingerprint density at radius 1 is 0.868 bits per heavy atom. The van der Waals surface area contributed by atoms with Gasteiger partial charge in [0.25, 0.3) is 5.91 Å². The lowest BCUT2D eigenvalue weighted by atomic mass is 10.0. The van der Waals surface area contributed by atoms with Gasteiger partial charge in [-0.05, 0) is 54.3 Å². The minimum atomic E-state index is -0.429. The number of nitrogens with zero attached hydrogens (tertiary/aromatic N) is 3. The predicted molar refractivity (Wildman–Crippen MR) is 154 cm³/mol. The van der Waals surface area contributed by atoms with E-state index in [0.717, 1.165) is 27.7 Å². The Bertz CT molecular complexity index is 1510. The molecule has 0 bridgehead atoms. The third-order valence-corrected chi connectivity index (χ3v) is 7.45. The van der Waals surface area contributed by atoms with Crippen LogP contribution in [0.5, 0.6) is 0 Å². The normalized spacial score (nSPS) is 11.7. The molecule has 1 atom stereocenters. The Labute approximate surface area is 231 Å². The van der Waals surface area contributed by atoms with Crippen molar-refractivity contribution in [2.75, 3.05) is 0 Å². The second kappa shape index (κ2) is 12.1. The van der Waals surface area contributed by atoms with Gasteiger partial charge in [0, 0.05) is 16.3 Å². The van der Waals surface area contributed by atoms with Gasteiger partial charge in [-0.15, -0.1) is 10.2 Å². The number of amides is 1. The van der Waals surface area contributed by atoms with Gasteiger partial charge in [-0.1, -0.05) is 108 Å². The number of aromatic nitrogens is 3. The fourth-order valence-corrected chi connectivity index (χ4v) is 5.33. The number of halogens is 1. The van der Waals surface area contributed by atoms with Crippen LogP contribution < -0.4 is 5.32 Å². The van der Waals surface area contributed by atoms with Gasteiger partial charge >= 0.3 is 0 Å². The molecule has 1 heterocycles. The van der Waals surface area contributed by atoms with Crippen molar-refractivity contribution in [3.05, 3.63) is 142 Å². The van der Waals surface area contributed by atoms with Crippen molar-refractivity contribution in [3.63, 3.8) is 0 Å². The Kier molecular flexibility index (Phi) is 8.22. The van der Waals surface area contributed by atoms with E-state index in [1.807, 2.05) is 96.4 Å². The van der Waals surface area contributed by atoms with E-state index in [4.69, 9.17) is 11.6 Å². The molecule has 0 radical (unpaired) electrons. The number of nitrogens with one attached hydrogen (secondary N) is 1. The van der Waals surface area contributed by atoms with Crippen LogP contribution >= 0.6 is 23.4 Å². The third-order valence-electron chi connectivity index (χ3n) is 6.22. The fraction of sp³-hybridized carbons (Fsp3) is 0.129. The fourth-order valence-electron chi connectivity index (χ4n) is 4.26. The molecule has 0 aliphatic carbocycles. The monoisotopic (exact) mass is 538 g/mol. The second-order valence-corrected chi connectivity index (χ2v) is 10.3. The standard InChI is InChI=1S/C31H27ClN4OS/c1-22-17-18-26(32)20-28(22)36-29(34-35-31(36)38-21-24-13-7-3-8-14-24)27(19-23-11-5-2-6-12-23)33-30(37)25-15-9-4-10-16-25/h2-18,20,27H,19,21H2,1H3,(H,33,37). The molecule has 5 nitrogen and oxygen atoms in total. The van der Waals surface area contributed by atoms with Crippen molar-refractivity contribution in [1.29, 1.82) is 0 Å². The molecule has 1 amide bonds. The first kappa shape index (κ1) is 25.8. The molecule has 0 spiro atoms. The average molecular weight is 539 g/mol. The number of hydrogen-bond donors (Lipinski definition) is 1. The summed E-state index contributed by atoms with van der Waals surface area (Å²) in [7, 11) is 0. The van der Waals surface area contributed by atoms with Crippen molar-refractivity contribution < 1.29 is 4.79 Å². The van der Waals surface area contributed by atoms with E-state index in [9.17, 15) is 4.79 Å². The zero-order chi connectivity index (χ0) is 26.3. The molecule has 5 rings (SSSR count). The Morgan fingerprint density at radius 2 is 1.50 bits per heavy atom.